The monoisotopic (exact) mass is 348 g/mol. The zero-order valence-electron chi connectivity index (χ0n) is 13.4. The number of para-hydroxylation sites is 1. The molecule has 0 aliphatic carbocycles. The fourth-order valence-electron chi connectivity index (χ4n) is 2.26. The summed E-state index contributed by atoms with van der Waals surface area (Å²) in [5, 5.41) is 11.6. The number of thioether (sulfide) groups is 1. The summed E-state index contributed by atoms with van der Waals surface area (Å²) in [7, 11) is 0. The van der Waals surface area contributed by atoms with E-state index in [1.54, 1.807) is 24.0 Å². The van der Waals surface area contributed by atoms with Crippen molar-refractivity contribution in [2.75, 3.05) is 11.1 Å². The summed E-state index contributed by atoms with van der Waals surface area (Å²) in [6, 6.07) is 17.1. The maximum Gasteiger partial charge on any atom is 0.257 e. The Morgan fingerprint density at radius 1 is 1.16 bits per heavy atom. The lowest BCUT2D eigenvalue weighted by molar-refractivity contribution is 0.102. The van der Waals surface area contributed by atoms with Crippen molar-refractivity contribution >= 4 is 23.4 Å². The molecule has 0 fully saturated rings. The molecule has 0 aliphatic heterocycles. The van der Waals surface area contributed by atoms with Gasteiger partial charge in [-0.25, -0.2) is 4.98 Å². The average Bonchev–Trinajstić information content (AvgIpc) is 3.18. The number of nitrogens with one attached hydrogen (secondary N) is 1. The van der Waals surface area contributed by atoms with Crippen LogP contribution in [0.3, 0.4) is 0 Å². The van der Waals surface area contributed by atoms with Crippen molar-refractivity contribution in [3.8, 4) is 11.9 Å². The second-order valence-corrected chi connectivity index (χ2v) is 6.34. The lowest BCUT2D eigenvalue weighted by Crippen LogP contribution is -2.13. The van der Waals surface area contributed by atoms with E-state index in [1.165, 1.54) is 0 Å². The summed E-state index contributed by atoms with van der Waals surface area (Å²) in [6.45, 7) is 0. The first-order valence-corrected chi connectivity index (χ1v) is 8.76. The zero-order chi connectivity index (χ0) is 17.5. The number of anilines is 1. The molecule has 1 N–H and O–H groups in total. The average molecular weight is 348 g/mol. The van der Waals surface area contributed by atoms with Gasteiger partial charge in [-0.3, -0.25) is 4.79 Å². The van der Waals surface area contributed by atoms with Crippen LogP contribution in [0.5, 0.6) is 0 Å². The number of hydrogen-bond donors (Lipinski definition) is 1. The Morgan fingerprint density at radius 3 is 2.68 bits per heavy atom. The van der Waals surface area contributed by atoms with Gasteiger partial charge in [0.05, 0.1) is 17.3 Å². The maximum absolute atomic E-state index is 12.5. The molecule has 2 aromatic heterocycles. The maximum atomic E-state index is 12.5. The minimum absolute atomic E-state index is 0.208. The molecule has 0 spiro atoms. The zero-order valence-corrected chi connectivity index (χ0v) is 14.2. The Bertz CT molecular complexity index is 883. The van der Waals surface area contributed by atoms with E-state index in [-0.39, 0.29) is 5.91 Å². The second kappa shape index (κ2) is 8.18. The summed E-state index contributed by atoms with van der Waals surface area (Å²) in [6.07, 6.45) is 5.83. The number of nitrogens with zero attached hydrogens (tertiary/aromatic N) is 3. The molecule has 0 radical (unpaired) electrons. The van der Waals surface area contributed by atoms with Crippen LogP contribution < -0.4 is 5.32 Å². The number of carbonyl (C=O) groups excluding carboxylic acids is 1. The van der Waals surface area contributed by atoms with Crippen LogP contribution in [0.1, 0.15) is 16.8 Å². The molecule has 3 aromatic rings. The summed E-state index contributed by atoms with van der Waals surface area (Å²) >= 11 is 1.55. The number of carbonyl (C=O) groups is 1. The number of hydrogen-bond acceptors (Lipinski definition) is 4. The van der Waals surface area contributed by atoms with E-state index in [0.717, 1.165) is 16.4 Å². The predicted molar refractivity (Wildman–Crippen MR) is 98.9 cm³/mol. The molecule has 0 unspecified atom stereocenters. The van der Waals surface area contributed by atoms with Gasteiger partial charge in [-0.1, -0.05) is 12.1 Å². The van der Waals surface area contributed by atoms with Crippen LogP contribution in [-0.2, 0) is 0 Å². The molecule has 2 heterocycles. The fraction of sp³-hybridized carbons (Fsp3) is 0.105. The van der Waals surface area contributed by atoms with E-state index < -0.39 is 0 Å². The van der Waals surface area contributed by atoms with Crippen LogP contribution in [0.25, 0.3) is 5.82 Å². The fourth-order valence-corrected chi connectivity index (χ4v) is 3.12. The number of rotatable bonds is 6. The van der Waals surface area contributed by atoms with Gasteiger partial charge in [-0.05, 0) is 36.4 Å². The van der Waals surface area contributed by atoms with Crippen LogP contribution in [0.2, 0.25) is 0 Å². The van der Waals surface area contributed by atoms with E-state index in [1.807, 2.05) is 59.4 Å². The molecule has 6 heteroatoms. The van der Waals surface area contributed by atoms with Crippen molar-refractivity contribution in [2.24, 2.45) is 0 Å². The van der Waals surface area contributed by atoms with Gasteiger partial charge < -0.3 is 9.88 Å². The first kappa shape index (κ1) is 16.8. The number of aromatic nitrogens is 2. The number of benzene rings is 1. The van der Waals surface area contributed by atoms with Crippen LogP contribution in [0, 0.1) is 11.3 Å². The van der Waals surface area contributed by atoms with Crippen molar-refractivity contribution in [2.45, 2.75) is 11.3 Å². The minimum Gasteiger partial charge on any atom is -0.321 e. The Kier molecular flexibility index (Phi) is 5.50. The molecule has 0 bridgehead atoms. The SMILES string of the molecule is N#CCCSc1ccccc1NC(=O)c1ccc(-n2cccc2)nc1. The smallest absolute Gasteiger partial charge is 0.257 e. The Labute approximate surface area is 150 Å². The van der Waals surface area contributed by atoms with Gasteiger partial charge in [0, 0.05) is 35.7 Å². The molecule has 25 heavy (non-hydrogen) atoms. The van der Waals surface area contributed by atoms with Gasteiger partial charge >= 0.3 is 0 Å². The highest BCUT2D eigenvalue weighted by molar-refractivity contribution is 7.99. The third kappa shape index (κ3) is 4.28. The van der Waals surface area contributed by atoms with Crippen molar-refractivity contribution in [3.63, 3.8) is 0 Å². The molecule has 0 saturated carbocycles. The summed E-state index contributed by atoms with van der Waals surface area (Å²) in [5.74, 6) is 1.24. The predicted octanol–water partition coefficient (Wildman–Crippen LogP) is 4.13. The molecule has 0 saturated heterocycles. The second-order valence-electron chi connectivity index (χ2n) is 5.20. The summed E-state index contributed by atoms with van der Waals surface area (Å²) in [4.78, 5) is 17.7. The Morgan fingerprint density at radius 2 is 1.96 bits per heavy atom. The molecular weight excluding hydrogens is 332 g/mol. The molecule has 0 atom stereocenters. The lowest BCUT2D eigenvalue weighted by atomic mass is 10.2. The van der Waals surface area contributed by atoms with Crippen molar-refractivity contribution < 1.29 is 4.79 Å². The van der Waals surface area contributed by atoms with Crippen molar-refractivity contribution in [3.05, 3.63) is 72.7 Å². The van der Waals surface area contributed by atoms with Crippen molar-refractivity contribution in [1.82, 2.24) is 9.55 Å². The molecular formula is C19H16N4OS. The highest BCUT2D eigenvalue weighted by Gasteiger charge is 2.10. The third-order valence-corrected chi connectivity index (χ3v) is 4.56. The summed E-state index contributed by atoms with van der Waals surface area (Å²) < 4.78 is 1.88. The van der Waals surface area contributed by atoms with Crippen LogP contribution >= 0.6 is 11.8 Å². The lowest BCUT2D eigenvalue weighted by Gasteiger charge is -2.10. The standard InChI is InChI=1S/C19H16N4OS/c20-10-5-13-25-17-7-2-1-6-16(17)22-19(24)15-8-9-18(21-14-15)23-11-3-4-12-23/h1-4,6-9,11-12,14H,5,13H2,(H,22,24). The number of amides is 1. The van der Waals surface area contributed by atoms with E-state index in [0.29, 0.717) is 17.7 Å². The van der Waals surface area contributed by atoms with Gasteiger partial charge in [0.15, 0.2) is 0 Å². The van der Waals surface area contributed by atoms with Crippen LogP contribution in [-0.4, -0.2) is 21.2 Å². The molecule has 124 valence electrons. The van der Waals surface area contributed by atoms with Crippen LogP contribution in [0.4, 0.5) is 5.69 Å². The van der Waals surface area contributed by atoms with E-state index in [9.17, 15) is 4.79 Å². The van der Waals surface area contributed by atoms with Gasteiger partial charge in [0.2, 0.25) is 0 Å². The van der Waals surface area contributed by atoms with E-state index >= 15 is 0 Å². The summed E-state index contributed by atoms with van der Waals surface area (Å²) in [5.41, 5.74) is 1.23. The Balaban J connectivity index is 1.71. The number of nitriles is 1. The normalized spacial score (nSPS) is 10.2. The first-order chi connectivity index (χ1) is 12.3. The van der Waals surface area contributed by atoms with Gasteiger partial charge in [-0.2, -0.15) is 5.26 Å². The van der Waals surface area contributed by atoms with Crippen LogP contribution in [0.15, 0.2) is 72.0 Å². The highest BCUT2D eigenvalue weighted by atomic mass is 32.2. The van der Waals surface area contributed by atoms with Gasteiger partial charge in [0.1, 0.15) is 5.82 Å². The quantitative estimate of drug-likeness (QED) is 0.537. The highest BCUT2D eigenvalue weighted by Crippen LogP contribution is 2.27. The molecule has 1 amide bonds. The minimum atomic E-state index is -0.208. The largest absolute Gasteiger partial charge is 0.321 e. The molecule has 0 aliphatic rings. The van der Waals surface area contributed by atoms with Gasteiger partial charge in [0.25, 0.3) is 5.91 Å². The molecule has 5 nitrogen and oxygen atoms in total. The van der Waals surface area contributed by atoms with Gasteiger partial charge in [-0.15, -0.1) is 11.8 Å². The van der Waals surface area contributed by atoms with Crippen molar-refractivity contribution in [1.29, 1.82) is 5.26 Å². The first-order valence-electron chi connectivity index (χ1n) is 7.77. The number of pyridine rings is 1. The van der Waals surface area contributed by atoms with E-state index in [2.05, 4.69) is 16.4 Å². The molecule has 3 rings (SSSR count). The molecule has 1 aromatic carbocycles. The third-order valence-electron chi connectivity index (χ3n) is 3.49. The topological polar surface area (TPSA) is 70.7 Å². The van der Waals surface area contributed by atoms with E-state index in [4.69, 9.17) is 5.26 Å². The Hall–Kier alpha value is -3.04.